The summed E-state index contributed by atoms with van der Waals surface area (Å²) in [5, 5.41) is 13.8. The van der Waals surface area contributed by atoms with Gasteiger partial charge in [0.2, 0.25) is 5.88 Å². The van der Waals surface area contributed by atoms with Crippen molar-refractivity contribution < 1.29 is 23.1 Å². The van der Waals surface area contributed by atoms with Gasteiger partial charge in [-0.1, -0.05) is 30.7 Å². The molecule has 1 saturated carbocycles. The van der Waals surface area contributed by atoms with E-state index in [0.717, 1.165) is 12.8 Å². The fraction of sp³-hybridized carbons (Fsp3) is 0.250. The lowest BCUT2D eigenvalue weighted by Crippen LogP contribution is -2.31. The van der Waals surface area contributed by atoms with Gasteiger partial charge in [0.1, 0.15) is 15.8 Å². The number of hydrogen-bond donors (Lipinski definition) is 2. The molecule has 4 rings (SSSR count). The number of ether oxygens (including phenoxy) is 1. The van der Waals surface area contributed by atoms with Crippen LogP contribution in [-0.2, 0) is 10.0 Å². The zero-order valence-corrected chi connectivity index (χ0v) is 18.0. The first-order valence-corrected chi connectivity index (χ1v) is 11.2. The molecule has 1 amide bonds. The lowest BCUT2D eigenvalue weighted by Gasteiger charge is -2.10. The molecule has 2 N–H and O–H groups in total. The standard InChI is InChI=1S/C20H19ClN4O5S/c1-20(9-10-20)12-30-17-8-11-25(23-17)16-7-6-13(18(21)22-16)19(27)24-31(28,29)15-5-3-2-4-14(15)26/h2-8,11,26H,9-10,12H2,1H3,(H,24,27). The monoisotopic (exact) mass is 462 g/mol. The maximum absolute atomic E-state index is 12.5. The van der Waals surface area contributed by atoms with Crippen molar-refractivity contribution in [3.8, 4) is 17.4 Å². The molecule has 0 radical (unpaired) electrons. The summed E-state index contributed by atoms with van der Waals surface area (Å²) in [6.07, 6.45) is 3.91. The molecule has 1 fully saturated rings. The fourth-order valence-corrected chi connectivity index (χ4v) is 4.06. The van der Waals surface area contributed by atoms with Gasteiger partial charge in [0.15, 0.2) is 5.82 Å². The van der Waals surface area contributed by atoms with Crippen molar-refractivity contribution in [2.24, 2.45) is 5.41 Å². The van der Waals surface area contributed by atoms with E-state index in [9.17, 15) is 18.3 Å². The van der Waals surface area contributed by atoms with E-state index in [0.29, 0.717) is 18.3 Å². The molecule has 0 aliphatic heterocycles. The SMILES string of the molecule is CC1(COc2ccn(-c3ccc(C(=O)NS(=O)(=O)c4ccccc4O)c(Cl)n3)n2)CC1. The number of nitrogens with zero attached hydrogens (tertiary/aromatic N) is 3. The molecule has 1 aromatic carbocycles. The Morgan fingerprint density at radius 1 is 1.26 bits per heavy atom. The maximum Gasteiger partial charge on any atom is 0.268 e. The smallest absolute Gasteiger partial charge is 0.268 e. The molecular weight excluding hydrogens is 444 g/mol. The van der Waals surface area contributed by atoms with Gasteiger partial charge < -0.3 is 9.84 Å². The Kier molecular flexibility index (Phi) is 5.36. The largest absolute Gasteiger partial charge is 0.507 e. The van der Waals surface area contributed by atoms with Gasteiger partial charge in [0.25, 0.3) is 15.9 Å². The molecule has 0 atom stereocenters. The van der Waals surface area contributed by atoms with Crippen LogP contribution >= 0.6 is 11.6 Å². The molecule has 0 bridgehead atoms. The number of sulfonamides is 1. The average Bonchev–Trinajstić information content (AvgIpc) is 3.26. The zero-order valence-electron chi connectivity index (χ0n) is 16.4. The third-order valence-corrected chi connectivity index (χ3v) is 6.60. The number of hydrogen-bond acceptors (Lipinski definition) is 7. The topological polar surface area (TPSA) is 123 Å². The van der Waals surface area contributed by atoms with E-state index in [4.69, 9.17) is 16.3 Å². The van der Waals surface area contributed by atoms with E-state index >= 15 is 0 Å². The molecular formula is C20H19ClN4O5S. The molecule has 11 heteroatoms. The number of carbonyl (C=O) groups excluding carboxylic acids is 1. The second-order valence-electron chi connectivity index (χ2n) is 7.61. The second kappa shape index (κ2) is 7.86. The molecule has 0 unspecified atom stereocenters. The summed E-state index contributed by atoms with van der Waals surface area (Å²) in [5.74, 6) is -0.677. The Bertz CT molecular complexity index is 1250. The second-order valence-corrected chi connectivity index (χ2v) is 9.62. The fourth-order valence-electron chi connectivity index (χ4n) is 2.76. The van der Waals surface area contributed by atoms with Crippen LogP contribution in [0.2, 0.25) is 5.15 Å². The zero-order chi connectivity index (χ0) is 22.2. The minimum Gasteiger partial charge on any atom is -0.507 e. The van der Waals surface area contributed by atoms with Crippen molar-refractivity contribution in [2.45, 2.75) is 24.7 Å². The highest BCUT2D eigenvalue weighted by Crippen LogP contribution is 2.44. The lowest BCUT2D eigenvalue weighted by molar-refractivity contribution is 0.0981. The van der Waals surface area contributed by atoms with Crippen LogP contribution in [0.1, 0.15) is 30.1 Å². The molecule has 1 aliphatic carbocycles. The van der Waals surface area contributed by atoms with E-state index < -0.39 is 26.6 Å². The number of rotatable bonds is 7. The Labute approximate surface area is 183 Å². The van der Waals surface area contributed by atoms with Gasteiger partial charge in [-0.3, -0.25) is 4.79 Å². The van der Waals surface area contributed by atoms with Crippen LogP contribution in [-0.4, -0.2) is 40.8 Å². The summed E-state index contributed by atoms with van der Waals surface area (Å²) < 4.78 is 33.8. The minimum atomic E-state index is -4.30. The number of carbonyl (C=O) groups is 1. The van der Waals surface area contributed by atoms with Gasteiger partial charge in [0.05, 0.1) is 12.2 Å². The third kappa shape index (κ3) is 4.64. The van der Waals surface area contributed by atoms with Crippen molar-refractivity contribution in [3.63, 3.8) is 0 Å². The number of pyridine rings is 1. The lowest BCUT2D eigenvalue weighted by atomic mass is 10.2. The summed E-state index contributed by atoms with van der Waals surface area (Å²) in [7, 11) is -4.30. The van der Waals surface area contributed by atoms with Crippen molar-refractivity contribution >= 4 is 27.5 Å². The van der Waals surface area contributed by atoms with Crippen LogP contribution in [0.5, 0.6) is 11.6 Å². The molecule has 3 aromatic rings. The molecule has 0 spiro atoms. The summed E-state index contributed by atoms with van der Waals surface area (Å²) in [6.45, 7) is 2.73. The summed E-state index contributed by atoms with van der Waals surface area (Å²) in [6, 6.07) is 9.79. The van der Waals surface area contributed by atoms with Gasteiger partial charge in [-0.2, -0.15) is 0 Å². The number of phenols is 1. The average molecular weight is 463 g/mol. The van der Waals surface area contributed by atoms with Crippen LogP contribution in [0.15, 0.2) is 53.6 Å². The number of aromatic nitrogens is 3. The first-order chi connectivity index (χ1) is 14.7. The minimum absolute atomic E-state index is 0.144. The molecule has 0 saturated heterocycles. The Morgan fingerprint density at radius 2 is 2.00 bits per heavy atom. The van der Waals surface area contributed by atoms with Crippen molar-refractivity contribution in [2.75, 3.05) is 6.61 Å². The van der Waals surface area contributed by atoms with E-state index in [1.165, 1.54) is 41.1 Å². The first-order valence-electron chi connectivity index (χ1n) is 9.37. The maximum atomic E-state index is 12.5. The van der Waals surface area contributed by atoms with Gasteiger partial charge in [0, 0.05) is 17.7 Å². The molecule has 31 heavy (non-hydrogen) atoms. The van der Waals surface area contributed by atoms with Gasteiger partial charge in [-0.05, 0) is 37.1 Å². The molecule has 1 aliphatic rings. The van der Waals surface area contributed by atoms with Crippen LogP contribution in [0.3, 0.4) is 0 Å². The van der Waals surface area contributed by atoms with E-state index in [2.05, 4.69) is 17.0 Å². The van der Waals surface area contributed by atoms with Gasteiger partial charge >= 0.3 is 0 Å². The number of halogens is 1. The summed E-state index contributed by atoms with van der Waals surface area (Å²) in [4.78, 5) is 16.2. The van der Waals surface area contributed by atoms with Crippen LogP contribution in [0.25, 0.3) is 5.82 Å². The molecule has 162 valence electrons. The number of benzene rings is 1. The molecule has 9 nitrogen and oxygen atoms in total. The number of aromatic hydroxyl groups is 1. The quantitative estimate of drug-likeness (QED) is 0.517. The molecule has 2 aromatic heterocycles. The van der Waals surface area contributed by atoms with Crippen LogP contribution in [0, 0.1) is 5.41 Å². The highest BCUT2D eigenvalue weighted by Gasteiger charge is 2.38. The van der Waals surface area contributed by atoms with Gasteiger partial charge in [-0.15, -0.1) is 5.10 Å². The Morgan fingerprint density at radius 3 is 2.68 bits per heavy atom. The van der Waals surface area contributed by atoms with Crippen molar-refractivity contribution in [3.05, 3.63) is 59.4 Å². The number of amides is 1. The van der Waals surface area contributed by atoms with E-state index in [-0.39, 0.29) is 16.1 Å². The summed E-state index contributed by atoms with van der Waals surface area (Å²) in [5.41, 5.74) is 0.0757. The number of phenolic OH excluding ortho intramolecular Hbond substituents is 1. The highest BCUT2D eigenvalue weighted by molar-refractivity contribution is 7.90. The number of para-hydroxylation sites is 1. The predicted octanol–water partition coefficient (Wildman–Crippen LogP) is 2.92. The predicted molar refractivity (Wildman–Crippen MR) is 112 cm³/mol. The van der Waals surface area contributed by atoms with Crippen molar-refractivity contribution in [1.29, 1.82) is 0 Å². The first kappa shape index (κ1) is 21.1. The highest BCUT2D eigenvalue weighted by atomic mass is 35.5. The van der Waals surface area contributed by atoms with Crippen LogP contribution < -0.4 is 9.46 Å². The van der Waals surface area contributed by atoms with Gasteiger partial charge in [-0.25, -0.2) is 22.8 Å². The van der Waals surface area contributed by atoms with Crippen LogP contribution in [0.4, 0.5) is 0 Å². The van der Waals surface area contributed by atoms with E-state index in [1.807, 2.05) is 4.72 Å². The third-order valence-electron chi connectivity index (χ3n) is 4.93. The summed E-state index contributed by atoms with van der Waals surface area (Å²) >= 11 is 6.13. The van der Waals surface area contributed by atoms with E-state index in [1.54, 1.807) is 12.3 Å². The normalized spacial score (nSPS) is 14.8. The number of nitrogens with one attached hydrogen (secondary N) is 1. The Balaban J connectivity index is 1.49. The molecule has 2 heterocycles. The Hall–Kier alpha value is -3.11. The van der Waals surface area contributed by atoms with Crippen molar-refractivity contribution in [1.82, 2.24) is 19.5 Å².